The number of amides is 1. The van der Waals surface area contributed by atoms with E-state index in [1.54, 1.807) is 25.3 Å². The van der Waals surface area contributed by atoms with Gasteiger partial charge < -0.3 is 15.0 Å². The highest BCUT2D eigenvalue weighted by Gasteiger charge is 2.20. The molecule has 0 spiro atoms. The molecule has 2 aromatic heterocycles. The van der Waals surface area contributed by atoms with Crippen LogP contribution in [0.2, 0.25) is 0 Å². The number of nitrogens with one attached hydrogen (secondary N) is 1. The fraction of sp³-hybridized carbons (Fsp3) is 0.400. The normalized spacial score (nSPS) is 13.8. The third-order valence-electron chi connectivity index (χ3n) is 5.07. The van der Waals surface area contributed by atoms with Crippen molar-refractivity contribution < 1.29 is 9.53 Å². The molecule has 8 nitrogen and oxygen atoms in total. The summed E-state index contributed by atoms with van der Waals surface area (Å²) in [5.41, 5.74) is 1.33. The molecule has 0 unspecified atom stereocenters. The number of carbonyl (C=O) groups excluding carboxylic acids is 1. The fourth-order valence-corrected chi connectivity index (χ4v) is 4.30. The van der Waals surface area contributed by atoms with Gasteiger partial charge in [-0.05, 0) is 53.2 Å². The van der Waals surface area contributed by atoms with Gasteiger partial charge in [-0.25, -0.2) is 14.6 Å². The lowest BCUT2D eigenvalue weighted by Crippen LogP contribution is -2.28. The van der Waals surface area contributed by atoms with Crippen molar-refractivity contribution in [3.63, 3.8) is 0 Å². The van der Waals surface area contributed by atoms with E-state index < -0.39 is 0 Å². The van der Waals surface area contributed by atoms with Crippen molar-refractivity contribution in [3.05, 3.63) is 34.4 Å². The molecule has 0 atom stereocenters. The maximum atomic E-state index is 12.6. The zero-order valence-electron chi connectivity index (χ0n) is 16.9. The number of methoxy groups -OCH3 is 1. The van der Waals surface area contributed by atoms with Gasteiger partial charge >= 0.3 is 0 Å². The van der Waals surface area contributed by atoms with Crippen LogP contribution in [-0.2, 0) is 6.54 Å². The topological polar surface area (TPSA) is 85.2 Å². The number of thioether (sulfide) groups is 1. The van der Waals surface area contributed by atoms with Crippen LogP contribution >= 0.6 is 27.7 Å². The van der Waals surface area contributed by atoms with Crippen molar-refractivity contribution in [1.82, 2.24) is 25.1 Å². The van der Waals surface area contributed by atoms with Crippen molar-refractivity contribution in [2.45, 2.75) is 24.5 Å². The summed E-state index contributed by atoms with van der Waals surface area (Å²) in [6.07, 6.45) is 6.16. The van der Waals surface area contributed by atoms with Gasteiger partial charge in [0.25, 0.3) is 5.91 Å². The number of hydrogen-bond acceptors (Lipinski definition) is 7. The van der Waals surface area contributed by atoms with Crippen LogP contribution in [0.25, 0.3) is 11.0 Å². The molecule has 1 amide bonds. The Hall–Kier alpha value is -2.33. The molecule has 3 heterocycles. The maximum Gasteiger partial charge on any atom is 0.252 e. The van der Waals surface area contributed by atoms with E-state index in [0.717, 1.165) is 39.6 Å². The van der Waals surface area contributed by atoms with Crippen molar-refractivity contribution in [3.8, 4) is 5.75 Å². The molecule has 3 aromatic rings. The highest BCUT2D eigenvalue weighted by molar-refractivity contribution is 9.10. The van der Waals surface area contributed by atoms with Gasteiger partial charge in [0, 0.05) is 24.1 Å². The average Bonchev–Trinajstić information content (AvgIpc) is 3.44. The second-order valence-corrected chi connectivity index (χ2v) is 8.56. The number of aromatic nitrogens is 4. The lowest BCUT2D eigenvalue weighted by Gasteiger charge is -2.17. The summed E-state index contributed by atoms with van der Waals surface area (Å²) in [7, 11) is 1.58. The van der Waals surface area contributed by atoms with E-state index in [-0.39, 0.29) is 5.91 Å². The van der Waals surface area contributed by atoms with Crippen LogP contribution in [0.15, 0.2) is 34.0 Å². The minimum absolute atomic E-state index is 0.172. The smallest absolute Gasteiger partial charge is 0.252 e. The van der Waals surface area contributed by atoms with E-state index in [1.807, 2.05) is 17.1 Å². The van der Waals surface area contributed by atoms with Crippen LogP contribution in [0, 0.1) is 0 Å². The molecule has 1 aromatic carbocycles. The number of rotatable bonds is 7. The number of halogens is 1. The highest BCUT2D eigenvalue weighted by atomic mass is 79.9. The van der Waals surface area contributed by atoms with Crippen LogP contribution in [0.4, 0.5) is 5.82 Å². The Labute approximate surface area is 187 Å². The zero-order valence-corrected chi connectivity index (χ0v) is 19.3. The Morgan fingerprint density at radius 1 is 1.30 bits per heavy atom. The van der Waals surface area contributed by atoms with E-state index in [0.29, 0.717) is 24.4 Å². The maximum absolute atomic E-state index is 12.6. The molecule has 30 heavy (non-hydrogen) atoms. The number of nitrogens with zero attached hydrogens (tertiary/aromatic N) is 5. The van der Waals surface area contributed by atoms with Gasteiger partial charge in [0.2, 0.25) is 0 Å². The van der Waals surface area contributed by atoms with Crippen molar-refractivity contribution in [1.29, 1.82) is 0 Å². The molecule has 0 saturated carbocycles. The summed E-state index contributed by atoms with van der Waals surface area (Å²) in [4.78, 5) is 24.3. The van der Waals surface area contributed by atoms with Crippen LogP contribution in [0.3, 0.4) is 0 Å². The minimum Gasteiger partial charge on any atom is -0.497 e. The standard InChI is InChI=1S/C20H23BrN6O2S/c1-29-13-5-6-16(21)14(11-13)19(28)22-7-10-27-18-15(12-23-27)17(24-20(25-18)30-2)26-8-3-4-9-26/h5-6,11-12H,3-4,7-10H2,1-2H3,(H,22,28). The van der Waals surface area contributed by atoms with Gasteiger partial charge in [0.15, 0.2) is 10.8 Å². The first-order valence-corrected chi connectivity index (χ1v) is 11.8. The predicted octanol–water partition coefficient (Wildman–Crippen LogP) is 3.35. The first kappa shape index (κ1) is 20.9. The molecule has 1 aliphatic heterocycles. The van der Waals surface area contributed by atoms with Crippen molar-refractivity contribution in [2.75, 3.05) is 37.9 Å². The van der Waals surface area contributed by atoms with E-state index in [4.69, 9.17) is 9.72 Å². The molecule has 1 aliphatic rings. The number of fused-ring (bicyclic) bond motifs is 1. The Bertz CT molecular complexity index is 1070. The molecule has 158 valence electrons. The first-order chi connectivity index (χ1) is 14.6. The van der Waals surface area contributed by atoms with E-state index >= 15 is 0 Å². The van der Waals surface area contributed by atoms with Crippen LogP contribution in [0.5, 0.6) is 5.75 Å². The quantitative estimate of drug-likeness (QED) is 0.401. The first-order valence-electron chi connectivity index (χ1n) is 9.75. The van der Waals surface area contributed by atoms with Crippen LogP contribution in [0.1, 0.15) is 23.2 Å². The van der Waals surface area contributed by atoms with Gasteiger partial charge in [0.05, 0.1) is 30.8 Å². The summed E-state index contributed by atoms with van der Waals surface area (Å²) in [5, 5.41) is 9.15. The summed E-state index contributed by atoms with van der Waals surface area (Å²) < 4.78 is 7.76. The largest absolute Gasteiger partial charge is 0.497 e. The summed E-state index contributed by atoms with van der Waals surface area (Å²) >= 11 is 4.94. The second kappa shape index (κ2) is 9.22. The molecule has 0 bridgehead atoms. The van der Waals surface area contributed by atoms with Crippen LogP contribution in [-0.4, -0.2) is 58.7 Å². The van der Waals surface area contributed by atoms with E-state index in [2.05, 4.69) is 36.2 Å². The Morgan fingerprint density at radius 3 is 2.83 bits per heavy atom. The third-order valence-corrected chi connectivity index (χ3v) is 6.31. The fourth-order valence-electron chi connectivity index (χ4n) is 3.52. The monoisotopic (exact) mass is 490 g/mol. The van der Waals surface area contributed by atoms with Crippen LogP contribution < -0.4 is 15.0 Å². The molecule has 10 heteroatoms. The van der Waals surface area contributed by atoms with Gasteiger partial charge in [0.1, 0.15) is 11.6 Å². The summed E-state index contributed by atoms with van der Waals surface area (Å²) in [6, 6.07) is 5.32. The Balaban J connectivity index is 1.50. The third kappa shape index (κ3) is 4.24. The molecular formula is C20H23BrN6O2S. The van der Waals surface area contributed by atoms with Gasteiger partial charge in [-0.3, -0.25) is 4.79 Å². The molecule has 0 radical (unpaired) electrons. The minimum atomic E-state index is -0.172. The molecule has 1 saturated heterocycles. The van der Waals surface area contributed by atoms with E-state index in [1.165, 1.54) is 24.6 Å². The lowest BCUT2D eigenvalue weighted by molar-refractivity contribution is 0.0951. The van der Waals surface area contributed by atoms with E-state index in [9.17, 15) is 4.79 Å². The van der Waals surface area contributed by atoms with Gasteiger partial charge in [-0.1, -0.05) is 11.8 Å². The summed E-state index contributed by atoms with van der Waals surface area (Å²) in [6.45, 7) is 2.96. The summed E-state index contributed by atoms with van der Waals surface area (Å²) in [5.74, 6) is 1.42. The Morgan fingerprint density at radius 2 is 2.10 bits per heavy atom. The molecular weight excluding hydrogens is 468 g/mol. The average molecular weight is 491 g/mol. The van der Waals surface area contributed by atoms with Crippen molar-refractivity contribution in [2.24, 2.45) is 0 Å². The molecule has 1 fully saturated rings. The number of benzene rings is 1. The SMILES string of the molecule is COc1ccc(Br)c(C(=O)NCCn2ncc3c(N4CCCC4)nc(SC)nc32)c1. The number of ether oxygens (including phenoxy) is 1. The second-order valence-electron chi connectivity index (χ2n) is 6.93. The molecule has 0 aliphatic carbocycles. The zero-order chi connectivity index (χ0) is 21.1. The number of hydrogen-bond donors (Lipinski definition) is 1. The highest BCUT2D eigenvalue weighted by Crippen LogP contribution is 2.28. The lowest BCUT2D eigenvalue weighted by atomic mass is 10.2. The van der Waals surface area contributed by atoms with Gasteiger partial charge in [-0.2, -0.15) is 5.10 Å². The van der Waals surface area contributed by atoms with Gasteiger partial charge in [-0.15, -0.1) is 0 Å². The van der Waals surface area contributed by atoms with Crippen molar-refractivity contribution >= 4 is 50.5 Å². The Kier molecular flexibility index (Phi) is 6.43. The number of carbonyl (C=O) groups is 1. The molecule has 1 N–H and O–H groups in total. The number of anilines is 1. The molecule has 4 rings (SSSR count). The predicted molar refractivity (Wildman–Crippen MR) is 122 cm³/mol.